The maximum absolute atomic E-state index is 5.27. The average molecular weight is 254 g/mol. The molecule has 4 nitrogen and oxygen atoms in total. The molecule has 102 valence electrons. The minimum Gasteiger partial charge on any atom is -0.367 e. The fourth-order valence-corrected chi connectivity index (χ4v) is 2.12. The highest BCUT2D eigenvalue weighted by Crippen LogP contribution is 2.14. The maximum Gasteiger partial charge on any atom is 0.140 e. The van der Waals surface area contributed by atoms with E-state index in [0.29, 0.717) is 12.2 Å². The summed E-state index contributed by atoms with van der Waals surface area (Å²) in [5.74, 6) is 6.64. The predicted molar refractivity (Wildman–Crippen MR) is 70.9 cm³/mol. The monoisotopic (exact) mass is 254 g/mol. The molecule has 2 aliphatic rings. The van der Waals surface area contributed by atoms with Gasteiger partial charge in [0.15, 0.2) is 0 Å². The van der Waals surface area contributed by atoms with Gasteiger partial charge in [0.2, 0.25) is 0 Å². The van der Waals surface area contributed by atoms with Gasteiger partial charge in [0, 0.05) is 0 Å². The zero-order chi connectivity index (χ0) is 13.2. The molecule has 2 rings (SSSR count). The number of hydrogen-bond donors (Lipinski definition) is 0. The van der Waals surface area contributed by atoms with Crippen LogP contribution >= 0.6 is 0 Å². The highest BCUT2D eigenvalue weighted by atomic mass is 16.6. The van der Waals surface area contributed by atoms with Crippen molar-refractivity contribution >= 4 is 0 Å². The second-order valence-corrected chi connectivity index (χ2v) is 6.82. The fourth-order valence-electron chi connectivity index (χ4n) is 2.12. The molecule has 2 fully saturated rings. The Labute approximate surface area is 111 Å². The summed E-state index contributed by atoms with van der Waals surface area (Å²) in [4.78, 5) is 0. The van der Waals surface area contributed by atoms with Crippen molar-refractivity contribution in [3.8, 4) is 11.8 Å². The van der Waals surface area contributed by atoms with E-state index in [1.54, 1.807) is 0 Å². The van der Waals surface area contributed by atoms with Crippen LogP contribution in [0.3, 0.4) is 0 Å². The lowest BCUT2D eigenvalue weighted by molar-refractivity contribution is -0.885. The molecule has 4 heteroatoms. The third-order valence-electron chi connectivity index (χ3n) is 3.34. The van der Waals surface area contributed by atoms with Gasteiger partial charge in [-0.25, -0.2) is 0 Å². The number of likely N-dealkylation sites (N-methyl/N-ethyl adjacent to an activating group) is 2. The molecule has 2 saturated heterocycles. The molecule has 0 saturated carbocycles. The zero-order valence-electron chi connectivity index (χ0n) is 12.1. The first-order valence-electron chi connectivity index (χ1n) is 6.69. The fraction of sp³-hybridized carbons (Fsp3) is 0.857. The van der Waals surface area contributed by atoms with E-state index < -0.39 is 0 Å². The van der Waals surface area contributed by atoms with Crippen LogP contribution in [0.15, 0.2) is 0 Å². The van der Waals surface area contributed by atoms with Crippen LogP contribution in [0.2, 0.25) is 0 Å². The Hall–Kier alpha value is -0.600. The molecule has 2 atom stereocenters. The van der Waals surface area contributed by atoms with Crippen LogP contribution in [0.25, 0.3) is 0 Å². The quantitative estimate of drug-likeness (QED) is 0.377. The Balaban J connectivity index is 1.69. The summed E-state index contributed by atoms with van der Waals surface area (Å²) in [6.45, 7) is 5.81. The van der Waals surface area contributed by atoms with Gasteiger partial charge in [0.05, 0.1) is 41.4 Å². The Morgan fingerprint density at radius 1 is 0.833 bits per heavy atom. The topological polar surface area (TPSA) is 25.1 Å². The Morgan fingerprint density at radius 2 is 1.17 bits per heavy atom. The Morgan fingerprint density at radius 3 is 1.44 bits per heavy atom. The van der Waals surface area contributed by atoms with E-state index in [-0.39, 0.29) is 0 Å². The van der Waals surface area contributed by atoms with Gasteiger partial charge in [-0.15, -0.1) is 0 Å². The summed E-state index contributed by atoms with van der Waals surface area (Å²) < 4.78 is 12.4. The summed E-state index contributed by atoms with van der Waals surface area (Å²) in [6.07, 6.45) is 0.946. The van der Waals surface area contributed by atoms with Gasteiger partial charge in [-0.05, 0) is 11.8 Å². The van der Waals surface area contributed by atoms with E-state index in [9.17, 15) is 0 Å². The first kappa shape index (κ1) is 13.8. The van der Waals surface area contributed by atoms with Crippen molar-refractivity contribution in [3.05, 3.63) is 0 Å². The van der Waals surface area contributed by atoms with Gasteiger partial charge in [0.1, 0.15) is 38.4 Å². The first-order chi connectivity index (χ1) is 8.36. The van der Waals surface area contributed by atoms with Crippen LogP contribution in [0, 0.1) is 11.8 Å². The van der Waals surface area contributed by atoms with Gasteiger partial charge in [-0.1, -0.05) is 0 Å². The van der Waals surface area contributed by atoms with Crippen molar-refractivity contribution in [2.45, 2.75) is 12.2 Å². The molecule has 2 aliphatic heterocycles. The highest BCUT2D eigenvalue weighted by molar-refractivity contribution is 4.99. The molecule has 2 unspecified atom stereocenters. The zero-order valence-corrected chi connectivity index (χ0v) is 12.1. The maximum atomic E-state index is 5.27. The van der Waals surface area contributed by atoms with Gasteiger partial charge >= 0.3 is 0 Å². The lowest BCUT2D eigenvalue weighted by Gasteiger charge is -2.27. The highest BCUT2D eigenvalue weighted by Gasteiger charge is 2.32. The number of rotatable bonds is 6. The molecule has 18 heavy (non-hydrogen) atoms. The molecule has 0 N–H and O–H groups in total. The molecule has 0 radical (unpaired) electrons. The van der Waals surface area contributed by atoms with E-state index in [4.69, 9.17) is 9.47 Å². The van der Waals surface area contributed by atoms with Gasteiger partial charge in [0.25, 0.3) is 0 Å². The largest absolute Gasteiger partial charge is 0.367 e. The van der Waals surface area contributed by atoms with Crippen molar-refractivity contribution in [2.75, 3.05) is 67.6 Å². The van der Waals surface area contributed by atoms with Crippen LogP contribution in [0.1, 0.15) is 0 Å². The second-order valence-electron chi connectivity index (χ2n) is 6.82. The lowest BCUT2D eigenvalue weighted by atomic mass is 10.3. The predicted octanol–water partition coefficient (Wildman–Crippen LogP) is -0.0598. The summed E-state index contributed by atoms with van der Waals surface area (Å²) >= 11 is 0. The van der Waals surface area contributed by atoms with Crippen molar-refractivity contribution < 1.29 is 18.4 Å². The minimum atomic E-state index is 0.473. The number of ether oxygens (including phenoxy) is 2. The van der Waals surface area contributed by atoms with Gasteiger partial charge in [-0.3, -0.25) is 0 Å². The molecule has 0 bridgehead atoms. The molecule has 0 aliphatic carbocycles. The molecule has 0 aromatic rings. The number of epoxide rings is 2. The summed E-state index contributed by atoms with van der Waals surface area (Å²) in [5, 5.41) is 0. The molecule has 0 amide bonds. The number of hydrogen-bond acceptors (Lipinski definition) is 2. The van der Waals surface area contributed by atoms with E-state index in [2.05, 4.69) is 40.0 Å². The van der Waals surface area contributed by atoms with Crippen molar-refractivity contribution in [1.29, 1.82) is 0 Å². The van der Waals surface area contributed by atoms with E-state index in [1.807, 2.05) is 0 Å². The molecular formula is C14H26N2O2+2. The lowest BCUT2D eigenvalue weighted by Crippen LogP contribution is -2.44. The summed E-state index contributed by atoms with van der Waals surface area (Å²) in [6, 6.07) is 0. The van der Waals surface area contributed by atoms with Crippen LogP contribution in [0.5, 0.6) is 0 Å². The van der Waals surface area contributed by atoms with Crippen molar-refractivity contribution in [3.63, 3.8) is 0 Å². The van der Waals surface area contributed by atoms with Crippen LogP contribution in [-0.2, 0) is 9.47 Å². The third kappa shape index (κ3) is 5.36. The van der Waals surface area contributed by atoms with Crippen molar-refractivity contribution in [1.82, 2.24) is 0 Å². The molecule has 0 aromatic carbocycles. The Bertz CT molecular complexity index is 315. The van der Waals surface area contributed by atoms with Crippen molar-refractivity contribution in [2.24, 2.45) is 0 Å². The molecule has 0 spiro atoms. The number of quaternary nitrogens is 2. The summed E-state index contributed by atoms with van der Waals surface area (Å²) in [7, 11) is 8.87. The first-order valence-corrected chi connectivity index (χ1v) is 6.69. The van der Waals surface area contributed by atoms with E-state index >= 15 is 0 Å². The third-order valence-corrected chi connectivity index (χ3v) is 3.34. The van der Waals surface area contributed by atoms with Gasteiger partial charge in [-0.2, -0.15) is 0 Å². The SMILES string of the molecule is C[N+](C)(CC#CC[N+](C)(C)CC1CO1)CC1CO1. The smallest absolute Gasteiger partial charge is 0.140 e. The molecule has 2 heterocycles. The molecular weight excluding hydrogens is 228 g/mol. The minimum absolute atomic E-state index is 0.473. The summed E-state index contributed by atoms with van der Waals surface area (Å²) in [5.41, 5.74) is 0. The van der Waals surface area contributed by atoms with Gasteiger partial charge < -0.3 is 18.4 Å². The van der Waals surface area contributed by atoms with Crippen LogP contribution in [0.4, 0.5) is 0 Å². The normalized spacial score (nSPS) is 26.4. The molecule has 0 aromatic heterocycles. The van der Waals surface area contributed by atoms with E-state index in [1.165, 1.54) is 0 Å². The Kier molecular flexibility index (Phi) is 3.98. The van der Waals surface area contributed by atoms with E-state index in [0.717, 1.165) is 48.4 Å². The number of nitrogens with zero attached hydrogens (tertiary/aromatic N) is 2. The van der Waals surface area contributed by atoms with Crippen LogP contribution in [-0.4, -0.2) is 88.8 Å². The second kappa shape index (κ2) is 5.18. The standard InChI is InChI=1S/C14H26N2O2/c1-15(2,9-13-11-17-13)7-5-6-8-16(3,4)10-14-12-18-14/h13-14H,7-12H2,1-4H3/q+2. The average Bonchev–Trinajstić information content (AvgIpc) is 3.09. The van der Waals surface area contributed by atoms with Crippen LogP contribution < -0.4 is 0 Å².